The Morgan fingerprint density at radius 1 is 1.45 bits per heavy atom. The lowest BCUT2D eigenvalue weighted by Gasteiger charge is -2.47. The molecule has 0 saturated carbocycles. The van der Waals surface area contributed by atoms with Crippen LogP contribution in [0.5, 0.6) is 0 Å². The van der Waals surface area contributed by atoms with Crippen LogP contribution in [0, 0.1) is 6.92 Å². The minimum absolute atomic E-state index is 0.0375. The number of ether oxygens (including phenoxy) is 1. The van der Waals surface area contributed by atoms with Gasteiger partial charge in [-0.3, -0.25) is 4.79 Å². The van der Waals surface area contributed by atoms with Crippen LogP contribution in [0.15, 0.2) is 0 Å². The third kappa shape index (κ3) is 3.02. The predicted octanol–water partition coefficient (Wildman–Crippen LogP) is 1.77. The zero-order chi connectivity index (χ0) is 15.7. The van der Waals surface area contributed by atoms with E-state index < -0.39 is 0 Å². The Bertz CT molecular complexity index is 540. The molecule has 1 aromatic heterocycles. The van der Waals surface area contributed by atoms with E-state index in [0.717, 1.165) is 37.4 Å². The molecule has 122 valence electrons. The van der Waals surface area contributed by atoms with Crippen molar-refractivity contribution in [2.45, 2.75) is 63.8 Å². The number of hydrogen-bond acceptors (Lipinski definition) is 6. The van der Waals surface area contributed by atoms with Crippen LogP contribution in [0.1, 0.15) is 55.2 Å². The largest absolute Gasteiger partial charge is 0.393 e. The summed E-state index contributed by atoms with van der Waals surface area (Å²) in [5, 5.41) is 10.1. The molecule has 0 bridgehead atoms. The maximum Gasteiger partial charge on any atom is 0.275 e. The molecule has 1 amide bonds. The minimum atomic E-state index is -0.286. The van der Waals surface area contributed by atoms with Gasteiger partial charge in [-0.05, 0) is 32.6 Å². The van der Waals surface area contributed by atoms with E-state index in [4.69, 9.17) is 4.74 Å². The topological polar surface area (TPSA) is 75.5 Å². The van der Waals surface area contributed by atoms with Crippen molar-refractivity contribution in [1.82, 2.24) is 13.6 Å². The van der Waals surface area contributed by atoms with Crippen molar-refractivity contribution in [2.75, 3.05) is 13.1 Å². The first-order valence-electron chi connectivity index (χ1n) is 7.97. The van der Waals surface area contributed by atoms with E-state index in [9.17, 15) is 9.90 Å². The van der Waals surface area contributed by atoms with Gasteiger partial charge in [0, 0.05) is 19.5 Å². The molecule has 2 fully saturated rings. The van der Waals surface area contributed by atoms with E-state index in [2.05, 4.69) is 15.7 Å². The highest BCUT2D eigenvalue weighted by Gasteiger charge is 2.43. The minimum Gasteiger partial charge on any atom is -0.393 e. The second-order valence-corrected chi connectivity index (χ2v) is 6.94. The molecule has 0 radical (unpaired) electrons. The Morgan fingerprint density at radius 3 is 2.77 bits per heavy atom. The second-order valence-electron chi connectivity index (χ2n) is 6.42. The molecule has 2 atom stereocenters. The van der Waals surface area contributed by atoms with Crippen LogP contribution in [0.4, 0.5) is 0 Å². The summed E-state index contributed by atoms with van der Waals surface area (Å²) in [5.74, 6) is -0.0375. The third-order valence-electron chi connectivity index (χ3n) is 4.83. The molecular formula is C15H23N3O3S. The maximum atomic E-state index is 12.5. The lowest BCUT2D eigenvalue weighted by Crippen LogP contribution is -2.53. The van der Waals surface area contributed by atoms with E-state index in [-0.39, 0.29) is 23.7 Å². The van der Waals surface area contributed by atoms with Gasteiger partial charge in [0.05, 0.1) is 35.2 Å². The van der Waals surface area contributed by atoms with Crippen molar-refractivity contribution >= 4 is 17.6 Å². The molecule has 22 heavy (non-hydrogen) atoms. The first-order valence-corrected chi connectivity index (χ1v) is 8.70. The molecule has 1 aromatic rings. The summed E-state index contributed by atoms with van der Waals surface area (Å²) in [4.78, 5) is 14.3. The zero-order valence-electron chi connectivity index (χ0n) is 13.1. The smallest absolute Gasteiger partial charge is 0.275 e. The summed E-state index contributed by atoms with van der Waals surface area (Å²) in [7, 11) is 0. The number of hydrogen-bond donors (Lipinski definition) is 1. The molecule has 7 heteroatoms. The van der Waals surface area contributed by atoms with Crippen LogP contribution in [0.3, 0.4) is 0 Å². The Morgan fingerprint density at radius 2 is 2.18 bits per heavy atom. The summed E-state index contributed by atoms with van der Waals surface area (Å²) < 4.78 is 14.4. The van der Waals surface area contributed by atoms with Gasteiger partial charge in [0.1, 0.15) is 0 Å². The van der Waals surface area contributed by atoms with Gasteiger partial charge in [-0.15, -0.1) is 0 Å². The normalized spacial score (nSPS) is 28.0. The number of aliphatic hydroxyl groups excluding tert-OH is 1. The van der Waals surface area contributed by atoms with Gasteiger partial charge in [-0.1, -0.05) is 6.92 Å². The van der Waals surface area contributed by atoms with Gasteiger partial charge in [-0.25, -0.2) is 0 Å². The van der Waals surface area contributed by atoms with Crippen LogP contribution in [-0.4, -0.2) is 55.6 Å². The van der Waals surface area contributed by atoms with Crippen LogP contribution < -0.4 is 0 Å². The first kappa shape index (κ1) is 15.8. The lowest BCUT2D eigenvalue weighted by atomic mass is 9.81. The number of amides is 1. The van der Waals surface area contributed by atoms with Gasteiger partial charge in [0.25, 0.3) is 5.91 Å². The van der Waals surface area contributed by atoms with Gasteiger partial charge >= 0.3 is 0 Å². The zero-order valence-corrected chi connectivity index (χ0v) is 13.9. The molecule has 2 aliphatic rings. The standard InChI is InChI=1S/C15H23N3O3S/c1-3-12-8-11(19)9-15(21-12)4-6-18(7-5-15)14(20)13-10(2)16-22-17-13/h11-12,19H,3-9H2,1-2H3/t11-,12+/m1/s1. The fourth-order valence-electron chi connectivity index (χ4n) is 3.53. The van der Waals surface area contributed by atoms with Crippen molar-refractivity contribution in [2.24, 2.45) is 0 Å². The predicted molar refractivity (Wildman–Crippen MR) is 82.9 cm³/mol. The Kier molecular flexibility index (Phi) is 4.47. The fourth-order valence-corrected chi connectivity index (χ4v) is 4.07. The molecule has 0 aliphatic carbocycles. The van der Waals surface area contributed by atoms with Crippen LogP contribution >= 0.6 is 11.7 Å². The molecule has 6 nitrogen and oxygen atoms in total. The van der Waals surface area contributed by atoms with Crippen molar-refractivity contribution in [1.29, 1.82) is 0 Å². The van der Waals surface area contributed by atoms with Gasteiger partial charge < -0.3 is 14.7 Å². The van der Waals surface area contributed by atoms with Gasteiger partial charge in [-0.2, -0.15) is 8.75 Å². The van der Waals surface area contributed by atoms with Crippen molar-refractivity contribution in [3.63, 3.8) is 0 Å². The molecule has 2 saturated heterocycles. The summed E-state index contributed by atoms with van der Waals surface area (Å²) in [6, 6.07) is 0. The second kappa shape index (κ2) is 6.22. The number of carbonyl (C=O) groups excluding carboxylic acids is 1. The lowest BCUT2D eigenvalue weighted by molar-refractivity contribution is -0.179. The van der Waals surface area contributed by atoms with Gasteiger partial charge in [0.2, 0.25) is 0 Å². The summed E-state index contributed by atoms with van der Waals surface area (Å²) >= 11 is 1.08. The van der Waals surface area contributed by atoms with E-state index in [1.54, 1.807) is 0 Å². The van der Waals surface area contributed by atoms with E-state index in [1.807, 2.05) is 11.8 Å². The number of aromatic nitrogens is 2. The van der Waals surface area contributed by atoms with Crippen LogP contribution in [0.2, 0.25) is 0 Å². The van der Waals surface area contributed by atoms with Crippen molar-refractivity contribution in [3.05, 3.63) is 11.4 Å². The number of carbonyl (C=O) groups is 1. The van der Waals surface area contributed by atoms with E-state index >= 15 is 0 Å². The van der Waals surface area contributed by atoms with Crippen LogP contribution in [-0.2, 0) is 4.74 Å². The number of aliphatic hydroxyl groups is 1. The Labute approximate surface area is 134 Å². The number of nitrogens with zero attached hydrogens (tertiary/aromatic N) is 3. The summed E-state index contributed by atoms with van der Waals surface area (Å²) in [5.41, 5.74) is 0.910. The molecule has 0 unspecified atom stereocenters. The maximum absolute atomic E-state index is 12.5. The van der Waals surface area contributed by atoms with E-state index in [0.29, 0.717) is 30.9 Å². The average Bonchev–Trinajstić information content (AvgIpc) is 2.92. The fraction of sp³-hybridized carbons (Fsp3) is 0.800. The van der Waals surface area contributed by atoms with Gasteiger partial charge in [0.15, 0.2) is 5.69 Å². The Hall–Kier alpha value is -1.05. The molecule has 1 spiro atoms. The molecule has 1 N–H and O–H groups in total. The monoisotopic (exact) mass is 325 g/mol. The number of rotatable bonds is 2. The molecule has 2 aliphatic heterocycles. The summed E-state index contributed by atoms with van der Waals surface area (Å²) in [6.45, 7) is 5.21. The molecule has 3 rings (SSSR count). The van der Waals surface area contributed by atoms with E-state index in [1.165, 1.54) is 0 Å². The number of aryl methyl sites for hydroxylation is 1. The Balaban J connectivity index is 1.65. The van der Waals surface area contributed by atoms with Crippen LogP contribution in [0.25, 0.3) is 0 Å². The number of piperidine rings is 1. The summed E-state index contributed by atoms with van der Waals surface area (Å²) in [6.07, 6.45) is 3.74. The van der Waals surface area contributed by atoms with Crippen molar-refractivity contribution in [3.8, 4) is 0 Å². The highest BCUT2D eigenvalue weighted by molar-refractivity contribution is 6.99. The molecular weight excluding hydrogens is 302 g/mol. The molecule has 3 heterocycles. The SMILES string of the molecule is CC[C@H]1C[C@@H](O)CC2(CCN(C(=O)c3nsnc3C)CC2)O1. The highest BCUT2D eigenvalue weighted by atomic mass is 32.1. The first-order chi connectivity index (χ1) is 10.5. The number of likely N-dealkylation sites (tertiary alicyclic amines) is 1. The van der Waals surface area contributed by atoms with Crippen molar-refractivity contribution < 1.29 is 14.6 Å². The third-order valence-corrected chi connectivity index (χ3v) is 5.45. The molecule has 0 aromatic carbocycles. The quantitative estimate of drug-likeness (QED) is 0.897. The highest BCUT2D eigenvalue weighted by Crippen LogP contribution is 2.38. The average molecular weight is 325 g/mol.